The highest BCUT2D eigenvalue weighted by molar-refractivity contribution is 5.73. The summed E-state index contributed by atoms with van der Waals surface area (Å²) in [5, 5.41) is 2.95. The summed E-state index contributed by atoms with van der Waals surface area (Å²) in [6.45, 7) is 1.99. The van der Waals surface area contributed by atoms with Gasteiger partial charge < -0.3 is 19.9 Å². The van der Waals surface area contributed by atoms with E-state index < -0.39 is 0 Å². The van der Waals surface area contributed by atoms with E-state index >= 15 is 0 Å². The first-order chi connectivity index (χ1) is 11.5. The summed E-state index contributed by atoms with van der Waals surface area (Å²) in [7, 11) is 5.65. The monoisotopic (exact) mass is 333 g/mol. The van der Waals surface area contributed by atoms with E-state index in [0.29, 0.717) is 18.6 Å². The zero-order chi connectivity index (χ0) is 17.2. The van der Waals surface area contributed by atoms with Crippen molar-refractivity contribution in [1.29, 1.82) is 0 Å². The molecule has 1 saturated carbocycles. The van der Waals surface area contributed by atoms with Crippen molar-refractivity contribution in [2.75, 3.05) is 39.2 Å². The van der Waals surface area contributed by atoms with Gasteiger partial charge in [-0.2, -0.15) is 0 Å². The van der Waals surface area contributed by atoms with Gasteiger partial charge in [-0.15, -0.1) is 0 Å². The van der Waals surface area contributed by atoms with E-state index in [2.05, 4.69) is 15.3 Å². The minimum Gasteiger partial charge on any atom is -0.378 e. The molecule has 1 aromatic rings. The highest BCUT2D eigenvalue weighted by Crippen LogP contribution is 2.47. The SMILES string of the molecule is CN(C[C@]12CCC[C@H]1OCC2)C(=O)NCc1ccnc(N(C)C)n1. The van der Waals surface area contributed by atoms with Crippen LogP contribution >= 0.6 is 0 Å². The van der Waals surface area contributed by atoms with E-state index in [1.165, 1.54) is 6.42 Å². The van der Waals surface area contributed by atoms with Crippen molar-refractivity contribution in [3.05, 3.63) is 18.0 Å². The number of urea groups is 1. The fourth-order valence-electron chi connectivity index (χ4n) is 3.86. The van der Waals surface area contributed by atoms with Crippen molar-refractivity contribution in [1.82, 2.24) is 20.2 Å². The van der Waals surface area contributed by atoms with Crippen molar-refractivity contribution >= 4 is 12.0 Å². The zero-order valence-corrected chi connectivity index (χ0v) is 14.8. The standard InChI is InChI=1S/C17H27N5O2/c1-21(2)15-18-9-6-13(20-15)11-19-16(23)22(3)12-17-7-4-5-14(17)24-10-8-17/h6,9,14H,4-5,7-8,10-12H2,1-3H3,(H,19,23)/t14-,17-/m1/s1. The number of nitrogens with one attached hydrogen (secondary N) is 1. The van der Waals surface area contributed by atoms with Crippen LogP contribution in [0.25, 0.3) is 0 Å². The molecule has 1 aliphatic carbocycles. The van der Waals surface area contributed by atoms with Gasteiger partial charge in [-0.1, -0.05) is 6.42 Å². The minimum atomic E-state index is -0.0630. The quantitative estimate of drug-likeness (QED) is 0.887. The van der Waals surface area contributed by atoms with Gasteiger partial charge in [0.2, 0.25) is 5.95 Å². The zero-order valence-electron chi connectivity index (χ0n) is 14.8. The molecule has 1 aromatic heterocycles. The third kappa shape index (κ3) is 3.45. The molecule has 3 rings (SSSR count). The molecule has 0 bridgehead atoms. The first-order valence-corrected chi connectivity index (χ1v) is 8.60. The Bertz CT molecular complexity index is 582. The number of amides is 2. The van der Waals surface area contributed by atoms with Gasteiger partial charge in [0.25, 0.3) is 0 Å². The van der Waals surface area contributed by atoms with E-state index in [9.17, 15) is 4.79 Å². The van der Waals surface area contributed by atoms with Gasteiger partial charge in [0.05, 0.1) is 18.3 Å². The van der Waals surface area contributed by atoms with Crippen LogP contribution in [-0.2, 0) is 11.3 Å². The number of fused-ring (bicyclic) bond motifs is 1. The van der Waals surface area contributed by atoms with Crippen LogP contribution in [0.15, 0.2) is 12.3 Å². The third-order valence-corrected chi connectivity index (χ3v) is 5.16. The molecule has 2 amide bonds. The Morgan fingerprint density at radius 1 is 1.42 bits per heavy atom. The molecule has 0 spiro atoms. The lowest BCUT2D eigenvalue weighted by Gasteiger charge is -2.32. The van der Waals surface area contributed by atoms with E-state index in [0.717, 1.165) is 38.1 Å². The molecule has 2 aliphatic rings. The molecule has 1 N–H and O–H groups in total. The van der Waals surface area contributed by atoms with Crippen LogP contribution in [-0.4, -0.2) is 61.3 Å². The van der Waals surface area contributed by atoms with E-state index in [1.54, 1.807) is 11.1 Å². The summed E-state index contributed by atoms with van der Waals surface area (Å²) < 4.78 is 5.85. The average Bonchev–Trinajstić information content (AvgIpc) is 3.12. The third-order valence-electron chi connectivity index (χ3n) is 5.16. The largest absolute Gasteiger partial charge is 0.378 e. The normalized spacial score (nSPS) is 25.4. The lowest BCUT2D eigenvalue weighted by atomic mass is 9.82. The lowest BCUT2D eigenvalue weighted by molar-refractivity contribution is 0.0585. The van der Waals surface area contributed by atoms with Gasteiger partial charge >= 0.3 is 6.03 Å². The molecule has 1 saturated heterocycles. The topological polar surface area (TPSA) is 70.6 Å². The van der Waals surface area contributed by atoms with Gasteiger partial charge in [-0.05, 0) is 25.3 Å². The van der Waals surface area contributed by atoms with E-state index in [4.69, 9.17) is 4.74 Å². The number of nitrogens with zero attached hydrogens (tertiary/aromatic N) is 4. The number of hydrogen-bond donors (Lipinski definition) is 1. The first kappa shape index (κ1) is 17.0. The van der Waals surface area contributed by atoms with Gasteiger partial charge in [0.15, 0.2) is 0 Å². The van der Waals surface area contributed by atoms with Crippen molar-refractivity contribution < 1.29 is 9.53 Å². The summed E-state index contributed by atoms with van der Waals surface area (Å²) in [6, 6.07) is 1.76. The molecule has 24 heavy (non-hydrogen) atoms. The number of hydrogen-bond acceptors (Lipinski definition) is 5. The number of rotatable bonds is 5. The van der Waals surface area contributed by atoms with Gasteiger partial charge in [0.1, 0.15) is 0 Å². The fourth-order valence-corrected chi connectivity index (χ4v) is 3.86. The Balaban J connectivity index is 1.54. The molecule has 1 aliphatic heterocycles. The Kier molecular flexibility index (Phi) is 4.89. The molecular weight excluding hydrogens is 306 g/mol. The molecule has 2 atom stereocenters. The molecule has 0 radical (unpaired) electrons. The van der Waals surface area contributed by atoms with Crippen molar-refractivity contribution in [2.24, 2.45) is 5.41 Å². The summed E-state index contributed by atoms with van der Waals surface area (Å²) in [5.74, 6) is 0.644. The van der Waals surface area contributed by atoms with Crippen molar-refractivity contribution in [3.63, 3.8) is 0 Å². The Morgan fingerprint density at radius 2 is 2.25 bits per heavy atom. The van der Waals surface area contributed by atoms with E-state index in [1.807, 2.05) is 32.1 Å². The lowest BCUT2D eigenvalue weighted by Crippen LogP contribution is -2.45. The minimum absolute atomic E-state index is 0.0630. The molecule has 0 unspecified atom stereocenters. The van der Waals surface area contributed by atoms with E-state index in [-0.39, 0.29) is 11.4 Å². The maximum atomic E-state index is 12.4. The first-order valence-electron chi connectivity index (χ1n) is 8.60. The molecular formula is C17H27N5O2. The Hall–Kier alpha value is -1.89. The second-order valence-electron chi connectivity index (χ2n) is 7.12. The second kappa shape index (κ2) is 6.93. The smallest absolute Gasteiger partial charge is 0.317 e. The summed E-state index contributed by atoms with van der Waals surface area (Å²) >= 11 is 0. The van der Waals surface area contributed by atoms with Crippen LogP contribution < -0.4 is 10.2 Å². The van der Waals surface area contributed by atoms with Gasteiger partial charge in [-0.25, -0.2) is 14.8 Å². The summed E-state index contributed by atoms with van der Waals surface area (Å²) in [6.07, 6.45) is 6.60. The Morgan fingerprint density at radius 3 is 3.04 bits per heavy atom. The van der Waals surface area contributed by atoms with Crippen LogP contribution in [0.3, 0.4) is 0 Å². The maximum absolute atomic E-state index is 12.4. The van der Waals surface area contributed by atoms with Crippen molar-refractivity contribution in [2.45, 2.75) is 38.3 Å². The Labute approximate surface area is 143 Å². The summed E-state index contributed by atoms with van der Waals surface area (Å²) in [5.41, 5.74) is 0.968. The summed E-state index contributed by atoms with van der Waals surface area (Å²) in [4.78, 5) is 24.7. The predicted molar refractivity (Wildman–Crippen MR) is 91.9 cm³/mol. The maximum Gasteiger partial charge on any atom is 0.317 e. The van der Waals surface area contributed by atoms with Crippen LogP contribution in [0.5, 0.6) is 0 Å². The number of carbonyl (C=O) groups excluding carboxylic acids is 1. The molecule has 7 heteroatoms. The van der Waals surface area contributed by atoms with Crippen LogP contribution in [0.1, 0.15) is 31.4 Å². The predicted octanol–water partition coefficient (Wildman–Crippen LogP) is 1.64. The number of aromatic nitrogens is 2. The number of carbonyl (C=O) groups is 1. The number of anilines is 1. The highest BCUT2D eigenvalue weighted by atomic mass is 16.5. The van der Waals surface area contributed by atoms with Crippen LogP contribution in [0, 0.1) is 5.41 Å². The van der Waals surface area contributed by atoms with Gasteiger partial charge in [0, 0.05) is 45.9 Å². The molecule has 2 fully saturated rings. The molecule has 7 nitrogen and oxygen atoms in total. The molecule has 132 valence electrons. The molecule has 2 heterocycles. The average molecular weight is 333 g/mol. The fraction of sp³-hybridized carbons (Fsp3) is 0.706. The second-order valence-corrected chi connectivity index (χ2v) is 7.12. The van der Waals surface area contributed by atoms with Crippen LogP contribution in [0.4, 0.5) is 10.7 Å². The highest BCUT2D eigenvalue weighted by Gasteiger charge is 2.48. The van der Waals surface area contributed by atoms with Crippen molar-refractivity contribution in [3.8, 4) is 0 Å². The number of ether oxygens (including phenoxy) is 1. The van der Waals surface area contributed by atoms with Gasteiger partial charge in [-0.3, -0.25) is 0 Å². The molecule has 0 aromatic carbocycles. The van der Waals surface area contributed by atoms with Crippen LogP contribution in [0.2, 0.25) is 0 Å².